The molecule has 3 N–H and O–H groups in total. The average molecular weight is 533 g/mol. The van der Waals surface area contributed by atoms with Crippen molar-refractivity contribution in [3.63, 3.8) is 0 Å². The number of aliphatic hydroxyl groups is 3. The van der Waals surface area contributed by atoms with Gasteiger partial charge >= 0.3 is 11.9 Å². The predicted octanol–water partition coefficient (Wildman–Crippen LogP) is 3.12. The number of carbonyl (C=O) groups excluding carboxylic acids is 3. The minimum Gasteiger partial charge on any atom is -0.457 e. The van der Waals surface area contributed by atoms with Crippen molar-refractivity contribution < 1.29 is 39.2 Å². The quantitative estimate of drug-likeness (QED) is 0.337. The van der Waals surface area contributed by atoms with Crippen LogP contribution in [-0.4, -0.2) is 62.6 Å². The zero-order chi connectivity index (χ0) is 28.6. The molecule has 4 aliphatic carbocycles. The predicted molar refractivity (Wildman–Crippen MR) is 139 cm³/mol. The largest absolute Gasteiger partial charge is 0.457 e. The summed E-state index contributed by atoms with van der Waals surface area (Å²) in [4.78, 5) is 39.7. The van der Waals surface area contributed by atoms with Gasteiger partial charge in [-0.25, -0.2) is 0 Å². The minimum absolute atomic E-state index is 0.115. The summed E-state index contributed by atoms with van der Waals surface area (Å²) in [5, 5.41) is 34.7. The molecule has 8 heteroatoms. The molecule has 0 spiro atoms. The molecule has 4 rings (SSSR count). The van der Waals surface area contributed by atoms with E-state index in [9.17, 15) is 29.7 Å². The van der Waals surface area contributed by atoms with Gasteiger partial charge < -0.3 is 24.8 Å². The summed E-state index contributed by atoms with van der Waals surface area (Å²) < 4.78 is 12.5. The Kier molecular flexibility index (Phi) is 7.07. The molecule has 2 fully saturated rings. The number of esters is 2. The fraction of sp³-hybridized carbons (Fsp3) is 0.767. The van der Waals surface area contributed by atoms with Gasteiger partial charge in [0.1, 0.15) is 11.7 Å². The number of hydrogen-bond acceptors (Lipinski definition) is 8. The van der Waals surface area contributed by atoms with Crippen LogP contribution in [0.2, 0.25) is 0 Å². The van der Waals surface area contributed by atoms with E-state index in [0.717, 1.165) is 0 Å². The van der Waals surface area contributed by atoms with Crippen LogP contribution in [0.4, 0.5) is 0 Å². The molecule has 0 saturated heterocycles. The molecule has 0 heterocycles. The zero-order valence-electron chi connectivity index (χ0n) is 23.9. The number of fused-ring (bicyclic) bond motifs is 5. The van der Waals surface area contributed by atoms with E-state index in [2.05, 4.69) is 0 Å². The first-order valence-corrected chi connectivity index (χ1v) is 14.0. The monoisotopic (exact) mass is 532 g/mol. The fourth-order valence-electron chi connectivity index (χ4n) is 7.96. The van der Waals surface area contributed by atoms with E-state index in [4.69, 9.17) is 9.47 Å². The van der Waals surface area contributed by atoms with Gasteiger partial charge in [0.05, 0.1) is 24.0 Å². The van der Waals surface area contributed by atoms with Crippen molar-refractivity contribution in [2.45, 2.75) is 97.6 Å². The van der Waals surface area contributed by atoms with Gasteiger partial charge in [-0.2, -0.15) is 0 Å². The number of rotatable bonds is 7. The number of hydrogen-bond donors (Lipinski definition) is 3. The highest BCUT2D eigenvalue weighted by molar-refractivity contribution is 6.04. The lowest BCUT2D eigenvalue weighted by Gasteiger charge is -2.53. The zero-order valence-corrected chi connectivity index (χ0v) is 23.9. The van der Waals surface area contributed by atoms with Crippen molar-refractivity contribution >= 4 is 17.7 Å². The molecular weight excluding hydrogens is 488 g/mol. The number of Topliss-reactive ketones (excluding diaryl/α,β-unsaturated/α-hetero) is 1. The van der Waals surface area contributed by atoms with Crippen LogP contribution < -0.4 is 0 Å². The van der Waals surface area contributed by atoms with Gasteiger partial charge in [-0.3, -0.25) is 14.4 Å². The lowest BCUT2D eigenvalue weighted by Crippen LogP contribution is -2.66. The summed E-state index contributed by atoms with van der Waals surface area (Å²) in [5.74, 6) is -5.06. The van der Waals surface area contributed by atoms with Crippen LogP contribution in [0.5, 0.6) is 0 Å². The van der Waals surface area contributed by atoms with E-state index in [1.165, 1.54) is 0 Å². The molecule has 0 aromatic heterocycles. The van der Waals surface area contributed by atoms with Gasteiger partial charge in [-0.05, 0) is 30.9 Å². The third-order valence-electron chi connectivity index (χ3n) is 10.3. The van der Waals surface area contributed by atoms with Crippen molar-refractivity contribution in [1.29, 1.82) is 0 Å². The van der Waals surface area contributed by atoms with Crippen LogP contribution >= 0.6 is 0 Å². The highest BCUT2D eigenvalue weighted by atomic mass is 16.6. The second-order valence-electron chi connectivity index (χ2n) is 12.9. The third-order valence-corrected chi connectivity index (χ3v) is 10.3. The molecule has 0 amide bonds. The van der Waals surface area contributed by atoms with Crippen LogP contribution in [0.15, 0.2) is 23.3 Å². The lowest BCUT2D eigenvalue weighted by atomic mass is 9.59. The number of ether oxygens (including phenoxy) is 2. The van der Waals surface area contributed by atoms with Crippen LogP contribution in [-0.2, 0) is 23.9 Å². The Labute approximate surface area is 225 Å². The molecule has 0 bridgehead atoms. The van der Waals surface area contributed by atoms with E-state index in [-0.39, 0.29) is 24.9 Å². The van der Waals surface area contributed by atoms with Gasteiger partial charge in [0.25, 0.3) is 0 Å². The molecule has 0 unspecified atom stereocenters. The smallest absolute Gasteiger partial charge is 0.309 e. The molecule has 0 aliphatic heterocycles. The van der Waals surface area contributed by atoms with Gasteiger partial charge in [-0.15, -0.1) is 0 Å². The van der Waals surface area contributed by atoms with E-state index in [1.54, 1.807) is 39.8 Å². The molecule has 8 atom stereocenters. The molecule has 0 radical (unpaired) electrons. The molecule has 212 valence electrons. The van der Waals surface area contributed by atoms with Crippen LogP contribution in [0, 0.1) is 40.9 Å². The van der Waals surface area contributed by atoms with Crippen molar-refractivity contribution in [3.05, 3.63) is 23.3 Å². The first-order chi connectivity index (χ1) is 17.6. The second-order valence-corrected chi connectivity index (χ2v) is 12.9. The molecular formula is C30H44O8. The van der Waals surface area contributed by atoms with Gasteiger partial charge in [0.15, 0.2) is 11.4 Å². The van der Waals surface area contributed by atoms with Crippen LogP contribution in [0.25, 0.3) is 0 Å². The van der Waals surface area contributed by atoms with E-state index in [1.807, 2.05) is 27.7 Å². The van der Waals surface area contributed by atoms with E-state index >= 15 is 0 Å². The summed E-state index contributed by atoms with van der Waals surface area (Å²) >= 11 is 0. The number of aliphatic hydroxyl groups excluding tert-OH is 1. The number of ketones is 1. The molecule has 4 aliphatic rings. The topological polar surface area (TPSA) is 130 Å². The van der Waals surface area contributed by atoms with Crippen LogP contribution in [0.3, 0.4) is 0 Å². The number of carbonyl (C=O) groups is 3. The highest BCUT2D eigenvalue weighted by Crippen LogP contribution is 2.77. The average Bonchev–Trinajstić information content (AvgIpc) is 3.28. The lowest BCUT2D eigenvalue weighted by molar-refractivity contribution is -0.231. The van der Waals surface area contributed by atoms with Gasteiger partial charge in [0.2, 0.25) is 0 Å². The Hall–Kier alpha value is -2.03. The standard InChI is InChI=1S/C30H44O8/c1-9-19(10-2)26(34)38-30-22(27(30,7)8)20-12-18(14-31)13-28(35)21(11-16(5)23(28)32)29(20,36)17(6)24(30)37-25(33)15(3)4/h11-12,15,17,19-22,24,31,35-36H,9-10,13-14H2,1-8H3/t17-,20+,21+,22+,24+,28+,29+,30+/m1/s1. The van der Waals surface area contributed by atoms with Gasteiger partial charge in [-0.1, -0.05) is 60.6 Å². The summed E-state index contributed by atoms with van der Waals surface area (Å²) in [6, 6.07) is 0. The van der Waals surface area contributed by atoms with Gasteiger partial charge in [0, 0.05) is 35.5 Å². The van der Waals surface area contributed by atoms with E-state index in [0.29, 0.717) is 24.0 Å². The molecule has 0 aromatic carbocycles. The Morgan fingerprint density at radius 1 is 1.11 bits per heavy atom. The molecule has 2 saturated carbocycles. The first-order valence-electron chi connectivity index (χ1n) is 14.0. The van der Waals surface area contributed by atoms with Crippen molar-refractivity contribution in [3.8, 4) is 0 Å². The second kappa shape index (κ2) is 9.27. The van der Waals surface area contributed by atoms with E-state index < -0.39 is 69.7 Å². The highest BCUT2D eigenvalue weighted by Gasteiger charge is 2.88. The SMILES string of the molecule is CCC(CC)C(=O)O[C@]12[C@@H](OC(=O)C(C)C)[C@@H](C)[C@@]3(O)[C@H]4C=C(C)C(=O)[C@]4(O)CC(CO)=C[C@H]3[C@H]1C2(C)C. The normalized spacial score (nSPS) is 41.0. The summed E-state index contributed by atoms with van der Waals surface area (Å²) in [6.45, 7) is 14.1. The Morgan fingerprint density at radius 2 is 1.71 bits per heavy atom. The van der Waals surface area contributed by atoms with Crippen molar-refractivity contribution in [2.24, 2.45) is 40.9 Å². The van der Waals surface area contributed by atoms with Crippen molar-refractivity contribution in [2.75, 3.05) is 6.61 Å². The molecule has 0 aromatic rings. The Balaban J connectivity index is 1.94. The minimum atomic E-state index is -1.94. The summed E-state index contributed by atoms with van der Waals surface area (Å²) in [6.07, 6.45) is 3.48. The fourth-order valence-corrected chi connectivity index (χ4v) is 7.96. The third kappa shape index (κ3) is 3.62. The Morgan fingerprint density at radius 3 is 2.24 bits per heavy atom. The maximum Gasteiger partial charge on any atom is 0.309 e. The first kappa shape index (κ1) is 29.0. The summed E-state index contributed by atoms with van der Waals surface area (Å²) in [7, 11) is 0. The Bertz CT molecular complexity index is 1080. The summed E-state index contributed by atoms with van der Waals surface area (Å²) in [5.41, 5.74) is -4.78. The maximum atomic E-state index is 13.4. The maximum absolute atomic E-state index is 13.4. The van der Waals surface area contributed by atoms with Crippen molar-refractivity contribution in [1.82, 2.24) is 0 Å². The van der Waals surface area contributed by atoms with Crippen LogP contribution in [0.1, 0.15) is 74.7 Å². The molecule has 8 nitrogen and oxygen atoms in total. The molecule has 38 heavy (non-hydrogen) atoms.